The van der Waals surface area contributed by atoms with Gasteiger partial charge in [-0.2, -0.15) is 0 Å². The summed E-state index contributed by atoms with van der Waals surface area (Å²) >= 11 is 0. The van der Waals surface area contributed by atoms with Gasteiger partial charge in [0.2, 0.25) is 15.9 Å². The van der Waals surface area contributed by atoms with Crippen LogP contribution in [0.25, 0.3) is 0 Å². The number of fused-ring (bicyclic) bond motifs is 1. The van der Waals surface area contributed by atoms with Crippen LogP contribution in [0.1, 0.15) is 48.9 Å². The fourth-order valence-electron chi connectivity index (χ4n) is 3.89. The fraction of sp³-hybridized carbons (Fsp3) is 0.409. The molecule has 1 aliphatic carbocycles. The van der Waals surface area contributed by atoms with Crippen molar-refractivity contribution in [3.63, 3.8) is 0 Å². The molecular formula is C22H27N3O5S. The third kappa shape index (κ3) is 5.81. The van der Waals surface area contributed by atoms with Crippen LogP contribution in [0.3, 0.4) is 0 Å². The predicted octanol–water partition coefficient (Wildman–Crippen LogP) is 3.51. The number of sulfonamides is 1. The van der Waals surface area contributed by atoms with Crippen molar-refractivity contribution in [3.8, 4) is 0 Å². The molecule has 1 unspecified atom stereocenters. The van der Waals surface area contributed by atoms with Crippen LogP contribution in [-0.4, -0.2) is 32.0 Å². The van der Waals surface area contributed by atoms with Crippen LogP contribution >= 0.6 is 0 Å². The van der Waals surface area contributed by atoms with E-state index in [1.54, 1.807) is 0 Å². The van der Waals surface area contributed by atoms with Crippen molar-refractivity contribution < 1.29 is 18.1 Å². The minimum atomic E-state index is -3.65. The number of aryl methyl sites for hydroxylation is 2. The summed E-state index contributed by atoms with van der Waals surface area (Å²) < 4.78 is 25.5. The Labute approximate surface area is 182 Å². The molecule has 0 spiro atoms. The van der Waals surface area contributed by atoms with Gasteiger partial charge in [-0.15, -0.1) is 0 Å². The molecule has 0 bridgehead atoms. The zero-order valence-corrected chi connectivity index (χ0v) is 18.5. The number of nitro benzene ring substituents is 1. The lowest BCUT2D eigenvalue weighted by molar-refractivity contribution is -0.384. The van der Waals surface area contributed by atoms with Crippen molar-refractivity contribution in [1.29, 1.82) is 0 Å². The quantitative estimate of drug-likeness (QED) is 0.469. The Morgan fingerprint density at radius 3 is 2.65 bits per heavy atom. The largest absolute Gasteiger partial charge is 0.350 e. The van der Waals surface area contributed by atoms with Gasteiger partial charge in [-0.3, -0.25) is 19.2 Å². The van der Waals surface area contributed by atoms with Gasteiger partial charge < -0.3 is 5.32 Å². The first kappa shape index (κ1) is 22.7. The molecule has 0 aromatic heterocycles. The molecule has 0 aliphatic heterocycles. The number of carbonyl (C=O) groups is 1. The lowest BCUT2D eigenvalue weighted by Crippen LogP contribution is -2.32. The number of hydrogen-bond donors (Lipinski definition) is 1. The van der Waals surface area contributed by atoms with Gasteiger partial charge in [0.15, 0.2) is 0 Å². The summed E-state index contributed by atoms with van der Waals surface area (Å²) in [6.07, 6.45) is 4.83. The number of nitrogens with one attached hydrogen (secondary N) is 1. The highest BCUT2D eigenvalue weighted by molar-refractivity contribution is 7.92. The van der Waals surface area contributed by atoms with Gasteiger partial charge in [0.05, 0.1) is 22.9 Å². The molecule has 166 valence electrons. The van der Waals surface area contributed by atoms with Crippen LogP contribution in [0.15, 0.2) is 42.5 Å². The Morgan fingerprint density at radius 1 is 1.19 bits per heavy atom. The van der Waals surface area contributed by atoms with E-state index in [4.69, 9.17) is 0 Å². The first-order chi connectivity index (χ1) is 14.6. The minimum Gasteiger partial charge on any atom is -0.350 e. The molecule has 1 N–H and O–H groups in total. The fourth-order valence-corrected chi connectivity index (χ4v) is 4.85. The minimum absolute atomic E-state index is 0.0562. The van der Waals surface area contributed by atoms with E-state index in [1.165, 1.54) is 41.8 Å². The molecular weight excluding hydrogens is 418 g/mol. The summed E-state index contributed by atoms with van der Waals surface area (Å²) in [5.74, 6) is -0.166. The van der Waals surface area contributed by atoms with Crippen LogP contribution in [0.5, 0.6) is 0 Å². The highest BCUT2D eigenvalue weighted by atomic mass is 32.2. The van der Waals surface area contributed by atoms with Crippen LogP contribution in [0, 0.1) is 10.1 Å². The van der Waals surface area contributed by atoms with Crippen molar-refractivity contribution in [2.24, 2.45) is 0 Å². The molecule has 31 heavy (non-hydrogen) atoms. The predicted molar refractivity (Wildman–Crippen MR) is 120 cm³/mol. The van der Waals surface area contributed by atoms with Gasteiger partial charge in [0, 0.05) is 25.1 Å². The van der Waals surface area contributed by atoms with Gasteiger partial charge in [-0.05, 0) is 55.4 Å². The first-order valence-electron chi connectivity index (χ1n) is 10.3. The summed E-state index contributed by atoms with van der Waals surface area (Å²) in [5.41, 5.74) is 3.81. The Kier molecular flexibility index (Phi) is 6.94. The Bertz CT molecular complexity index is 1080. The van der Waals surface area contributed by atoms with Crippen molar-refractivity contribution in [1.82, 2.24) is 5.32 Å². The average Bonchev–Trinajstić information content (AvgIpc) is 3.18. The molecule has 3 rings (SSSR count). The van der Waals surface area contributed by atoms with E-state index in [2.05, 4.69) is 17.4 Å². The maximum absolute atomic E-state index is 12.4. The number of amides is 1. The van der Waals surface area contributed by atoms with Gasteiger partial charge in [-0.25, -0.2) is 8.42 Å². The normalized spacial score (nSPS) is 14.0. The molecule has 1 aliphatic rings. The van der Waals surface area contributed by atoms with Crippen molar-refractivity contribution in [3.05, 3.63) is 69.3 Å². The maximum Gasteiger partial charge on any atom is 0.271 e. The van der Waals surface area contributed by atoms with Gasteiger partial charge in [-0.1, -0.05) is 24.3 Å². The van der Waals surface area contributed by atoms with E-state index in [-0.39, 0.29) is 36.3 Å². The molecule has 0 fully saturated rings. The Balaban J connectivity index is 1.58. The average molecular weight is 446 g/mol. The lowest BCUT2D eigenvalue weighted by atomic mass is 10.0. The van der Waals surface area contributed by atoms with Crippen LogP contribution in [-0.2, 0) is 27.7 Å². The highest BCUT2D eigenvalue weighted by Gasteiger charge is 2.20. The van der Waals surface area contributed by atoms with Gasteiger partial charge >= 0.3 is 0 Å². The molecule has 2 aromatic rings. The Morgan fingerprint density at radius 2 is 1.94 bits per heavy atom. The molecule has 8 nitrogen and oxygen atoms in total. The summed E-state index contributed by atoms with van der Waals surface area (Å²) in [4.78, 5) is 22.8. The zero-order valence-electron chi connectivity index (χ0n) is 17.7. The van der Waals surface area contributed by atoms with E-state index in [1.807, 2.05) is 13.0 Å². The number of nitro groups is 1. The zero-order chi connectivity index (χ0) is 22.6. The molecule has 2 aromatic carbocycles. The second-order valence-electron chi connectivity index (χ2n) is 7.89. The second kappa shape index (κ2) is 9.47. The number of non-ortho nitro benzene ring substituents is 1. The van der Waals surface area contributed by atoms with E-state index in [0.717, 1.165) is 29.0 Å². The molecule has 0 saturated carbocycles. The summed E-state index contributed by atoms with van der Waals surface area (Å²) in [7, 11) is -3.65. The highest BCUT2D eigenvalue weighted by Crippen LogP contribution is 2.26. The summed E-state index contributed by atoms with van der Waals surface area (Å²) in [5, 5.41) is 14.0. The van der Waals surface area contributed by atoms with Crippen LogP contribution in [0.2, 0.25) is 0 Å². The molecule has 9 heteroatoms. The lowest BCUT2D eigenvalue weighted by Gasteiger charge is -2.22. The van der Waals surface area contributed by atoms with E-state index < -0.39 is 14.9 Å². The monoisotopic (exact) mass is 445 g/mol. The number of anilines is 1. The summed E-state index contributed by atoms with van der Waals surface area (Å²) in [6.45, 7) is 1.99. The molecule has 0 saturated heterocycles. The SMILES string of the molecule is CC(NC(=O)CCCN(c1cccc([N+](=O)[O-])c1)S(C)(=O)=O)c1ccc2c(c1)CCC2. The van der Waals surface area contributed by atoms with Crippen molar-refractivity contribution in [2.45, 2.75) is 45.1 Å². The van der Waals surface area contributed by atoms with Crippen LogP contribution < -0.4 is 9.62 Å². The number of nitrogens with zero attached hydrogens (tertiary/aromatic N) is 2. The second-order valence-corrected chi connectivity index (χ2v) is 9.79. The van der Waals surface area contributed by atoms with Gasteiger partial charge in [0.1, 0.15) is 0 Å². The summed E-state index contributed by atoms with van der Waals surface area (Å²) in [6, 6.07) is 11.7. The number of carbonyl (C=O) groups excluding carboxylic acids is 1. The molecule has 0 heterocycles. The van der Waals surface area contributed by atoms with E-state index >= 15 is 0 Å². The molecule has 0 radical (unpaired) electrons. The number of hydrogen-bond acceptors (Lipinski definition) is 5. The van der Waals surface area contributed by atoms with Crippen molar-refractivity contribution >= 4 is 27.3 Å². The maximum atomic E-state index is 12.4. The molecule has 1 amide bonds. The first-order valence-corrected chi connectivity index (χ1v) is 12.1. The van der Waals surface area contributed by atoms with E-state index in [9.17, 15) is 23.3 Å². The Hall–Kier alpha value is -2.94. The topological polar surface area (TPSA) is 110 Å². The third-order valence-electron chi connectivity index (χ3n) is 5.49. The number of rotatable bonds is 9. The van der Waals surface area contributed by atoms with Crippen LogP contribution in [0.4, 0.5) is 11.4 Å². The smallest absolute Gasteiger partial charge is 0.271 e. The van der Waals surface area contributed by atoms with Gasteiger partial charge in [0.25, 0.3) is 5.69 Å². The number of benzene rings is 2. The third-order valence-corrected chi connectivity index (χ3v) is 6.69. The van der Waals surface area contributed by atoms with E-state index in [0.29, 0.717) is 6.42 Å². The van der Waals surface area contributed by atoms with Crippen molar-refractivity contribution in [2.75, 3.05) is 17.1 Å². The molecule has 1 atom stereocenters. The standard InChI is InChI=1S/C22H27N3O5S/c1-16(18-12-11-17-6-3-7-19(17)14-18)23-22(26)10-5-13-24(31(2,29)30)20-8-4-9-21(15-20)25(27)28/h4,8-9,11-12,14-16H,3,5-7,10,13H2,1-2H3,(H,23,26).